The number of amides is 1. The molecule has 2 atom stereocenters. The first kappa shape index (κ1) is 29.3. The molecule has 1 saturated heterocycles. The van der Waals surface area contributed by atoms with E-state index < -0.39 is 30.0 Å². The molecule has 1 fully saturated rings. The molecule has 4 rings (SSSR count). The van der Waals surface area contributed by atoms with E-state index in [1.54, 1.807) is 23.1 Å². The van der Waals surface area contributed by atoms with E-state index >= 15 is 0 Å². The first-order chi connectivity index (χ1) is 19.5. The van der Waals surface area contributed by atoms with Crippen molar-refractivity contribution in [3.63, 3.8) is 0 Å². The largest absolute Gasteiger partial charge is 0.481 e. The van der Waals surface area contributed by atoms with E-state index in [0.717, 1.165) is 4.68 Å². The molecule has 1 aliphatic rings. The molecule has 0 unspecified atom stereocenters. The predicted octanol–water partition coefficient (Wildman–Crippen LogP) is 1.41. The number of rotatable bonds is 12. The molecule has 41 heavy (non-hydrogen) atoms. The van der Waals surface area contributed by atoms with Gasteiger partial charge < -0.3 is 25.5 Å². The third-order valence-corrected chi connectivity index (χ3v) is 6.73. The summed E-state index contributed by atoms with van der Waals surface area (Å²) in [7, 11) is 0. The zero-order chi connectivity index (χ0) is 29.7. The zero-order valence-corrected chi connectivity index (χ0v) is 22.7. The van der Waals surface area contributed by atoms with Gasteiger partial charge in [-0.15, -0.1) is 10.2 Å². The van der Waals surface area contributed by atoms with Gasteiger partial charge >= 0.3 is 17.9 Å². The van der Waals surface area contributed by atoms with Crippen LogP contribution >= 0.6 is 0 Å². The van der Waals surface area contributed by atoms with Crippen molar-refractivity contribution < 1.29 is 34.5 Å². The second kappa shape index (κ2) is 12.7. The number of carboxylic acids is 3. The minimum Gasteiger partial charge on any atom is -0.481 e. The Morgan fingerprint density at radius 2 is 1.39 bits per heavy atom. The minimum atomic E-state index is -1.25. The van der Waals surface area contributed by atoms with Gasteiger partial charge in [0.25, 0.3) is 5.91 Å². The fraction of sp³-hybridized carbons (Fsp3) is 0.462. The van der Waals surface area contributed by atoms with Crippen molar-refractivity contribution in [2.45, 2.75) is 45.2 Å². The molecule has 0 aliphatic carbocycles. The van der Waals surface area contributed by atoms with Crippen LogP contribution in [0.2, 0.25) is 0 Å². The molecule has 2 aromatic heterocycles. The molecule has 0 radical (unpaired) electrons. The molecule has 15 nitrogen and oxygen atoms in total. The van der Waals surface area contributed by atoms with E-state index in [0.29, 0.717) is 55.0 Å². The predicted molar refractivity (Wildman–Crippen MR) is 143 cm³/mol. The molecule has 3 heterocycles. The second-order valence-electron chi connectivity index (χ2n) is 10.3. The van der Waals surface area contributed by atoms with Gasteiger partial charge in [-0.2, -0.15) is 0 Å². The summed E-state index contributed by atoms with van der Waals surface area (Å²) in [5, 5.41) is 47.8. The molecule has 218 valence electrons. The third kappa shape index (κ3) is 7.11. The lowest BCUT2D eigenvalue weighted by atomic mass is 10.0. The molecule has 0 bridgehead atoms. The first-order valence-corrected chi connectivity index (χ1v) is 13.2. The second-order valence-corrected chi connectivity index (χ2v) is 10.3. The van der Waals surface area contributed by atoms with Gasteiger partial charge in [0.2, 0.25) is 0 Å². The van der Waals surface area contributed by atoms with Gasteiger partial charge in [0.05, 0.1) is 12.4 Å². The molecule has 4 N–H and O–H groups in total. The van der Waals surface area contributed by atoms with E-state index in [-0.39, 0.29) is 30.4 Å². The highest BCUT2D eigenvalue weighted by Gasteiger charge is 2.26. The summed E-state index contributed by atoms with van der Waals surface area (Å²) < 4.78 is 2.38. The van der Waals surface area contributed by atoms with Crippen LogP contribution in [0.3, 0.4) is 0 Å². The average Bonchev–Trinajstić information content (AvgIpc) is 3.62. The highest BCUT2D eigenvalue weighted by atomic mass is 16.4. The molecule has 3 aromatic rings. The Bertz CT molecular complexity index is 1430. The third-order valence-electron chi connectivity index (χ3n) is 6.73. The molecule has 1 aliphatic heterocycles. The van der Waals surface area contributed by atoms with Crippen LogP contribution in [0.25, 0.3) is 22.5 Å². The van der Waals surface area contributed by atoms with Gasteiger partial charge in [0.15, 0.2) is 12.1 Å². The molecule has 0 saturated carbocycles. The van der Waals surface area contributed by atoms with Crippen LogP contribution in [0.4, 0.5) is 0 Å². The number of carbonyl (C=O) groups is 4. The number of benzene rings is 1. The molecule has 1 aromatic carbocycles. The molecular weight excluding hydrogens is 536 g/mol. The number of nitrogens with one attached hydrogen (secondary N) is 1. The standard InChI is InChI=1S/C26H32N8O7/c1-15(2)9-22(26(40)41)34-14-20(29-31-34)17-10-16(11-18(12-17)24(37)32-7-5-27-6-8-32)19-13-33(30-28-19)21(25(38)39)3-4-23(35)36/h10-15,21-22,27H,3-9H2,1-2H3,(H,35,36)(H,38,39)(H,40,41)/t21-,22-/m0/s1. The topological polar surface area (TPSA) is 206 Å². The molecule has 15 heteroatoms. The number of piperazine rings is 1. The van der Waals surface area contributed by atoms with Gasteiger partial charge in [0.1, 0.15) is 11.4 Å². The van der Waals surface area contributed by atoms with Gasteiger partial charge in [-0.1, -0.05) is 24.3 Å². The van der Waals surface area contributed by atoms with E-state index in [4.69, 9.17) is 5.11 Å². The fourth-order valence-corrected chi connectivity index (χ4v) is 4.62. The molecule has 1 amide bonds. The van der Waals surface area contributed by atoms with Crippen molar-refractivity contribution in [1.82, 2.24) is 40.2 Å². The van der Waals surface area contributed by atoms with Crippen LogP contribution in [0, 0.1) is 5.92 Å². The highest BCUT2D eigenvalue weighted by molar-refractivity contribution is 5.97. The summed E-state index contributed by atoms with van der Waals surface area (Å²) in [6, 6.07) is 2.80. The van der Waals surface area contributed by atoms with Crippen molar-refractivity contribution in [3.05, 3.63) is 36.2 Å². The number of carboxylic acid groups (broad SMARTS) is 3. The summed E-state index contributed by atoms with van der Waals surface area (Å²) in [6.45, 7) is 6.17. The van der Waals surface area contributed by atoms with Crippen LogP contribution in [-0.4, -0.2) is 100 Å². The van der Waals surface area contributed by atoms with Crippen molar-refractivity contribution in [3.8, 4) is 22.5 Å². The lowest BCUT2D eigenvalue weighted by molar-refractivity contribution is -0.143. The number of nitrogens with zero attached hydrogens (tertiary/aromatic N) is 7. The van der Waals surface area contributed by atoms with Crippen molar-refractivity contribution >= 4 is 23.8 Å². The molecular formula is C26H32N8O7. The Labute approximate surface area is 234 Å². The van der Waals surface area contributed by atoms with E-state index in [9.17, 15) is 29.4 Å². The summed E-state index contributed by atoms with van der Waals surface area (Å²) in [4.78, 5) is 49.8. The highest BCUT2D eigenvalue weighted by Crippen LogP contribution is 2.29. The Hall–Kier alpha value is -4.66. The lowest BCUT2D eigenvalue weighted by Crippen LogP contribution is -2.46. The maximum Gasteiger partial charge on any atom is 0.328 e. The van der Waals surface area contributed by atoms with E-state index in [1.165, 1.54) is 17.1 Å². The van der Waals surface area contributed by atoms with Crippen LogP contribution < -0.4 is 5.32 Å². The number of aromatic nitrogens is 6. The average molecular weight is 569 g/mol. The number of aliphatic carboxylic acids is 3. The Morgan fingerprint density at radius 1 is 0.854 bits per heavy atom. The summed E-state index contributed by atoms with van der Waals surface area (Å²) >= 11 is 0. The number of carbonyl (C=O) groups excluding carboxylic acids is 1. The normalized spacial score (nSPS) is 15.0. The van der Waals surface area contributed by atoms with Crippen LogP contribution in [0.5, 0.6) is 0 Å². The Morgan fingerprint density at radius 3 is 1.88 bits per heavy atom. The minimum absolute atomic E-state index is 0.100. The van der Waals surface area contributed by atoms with Crippen molar-refractivity contribution in [2.75, 3.05) is 26.2 Å². The molecule has 0 spiro atoms. The monoisotopic (exact) mass is 568 g/mol. The summed E-state index contributed by atoms with van der Waals surface area (Å²) in [6.07, 6.45) is 2.70. The maximum absolute atomic E-state index is 13.4. The summed E-state index contributed by atoms with van der Waals surface area (Å²) in [5.74, 6) is -3.54. The smallest absolute Gasteiger partial charge is 0.328 e. The number of hydrogen-bond acceptors (Lipinski definition) is 9. The number of hydrogen-bond donors (Lipinski definition) is 4. The fourth-order valence-electron chi connectivity index (χ4n) is 4.62. The lowest BCUT2D eigenvalue weighted by Gasteiger charge is -2.27. The van der Waals surface area contributed by atoms with Crippen LogP contribution in [0.15, 0.2) is 30.6 Å². The summed E-state index contributed by atoms with van der Waals surface area (Å²) in [5.41, 5.74) is 1.87. The first-order valence-electron chi connectivity index (χ1n) is 13.2. The van der Waals surface area contributed by atoms with Crippen molar-refractivity contribution in [2.24, 2.45) is 5.92 Å². The van der Waals surface area contributed by atoms with Gasteiger partial charge in [-0.3, -0.25) is 9.59 Å². The van der Waals surface area contributed by atoms with E-state index in [2.05, 4.69) is 25.9 Å². The maximum atomic E-state index is 13.4. The van der Waals surface area contributed by atoms with Gasteiger partial charge in [0, 0.05) is 49.3 Å². The van der Waals surface area contributed by atoms with Crippen LogP contribution in [-0.2, 0) is 14.4 Å². The SMILES string of the molecule is CC(C)C[C@@H](C(=O)O)n1cc(-c2cc(C(=O)N3CCNCC3)cc(-c3cn([C@@H](CCC(=O)O)C(=O)O)nn3)c2)nn1. The van der Waals surface area contributed by atoms with Gasteiger partial charge in [-0.25, -0.2) is 19.0 Å². The van der Waals surface area contributed by atoms with Crippen molar-refractivity contribution in [1.29, 1.82) is 0 Å². The van der Waals surface area contributed by atoms with Crippen LogP contribution in [0.1, 0.15) is 55.6 Å². The Balaban J connectivity index is 1.74. The quantitative estimate of drug-likeness (QED) is 0.245. The zero-order valence-electron chi connectivity index (χ0n) is 22.7. The Kier molecular flexibility index (Phi) is 9.07. The van der Waals surface area contributed by atoms with Gasteiger partial charge in [-0.05, 0) is 37.0 Å². The van der Waals surface area contributed by atoms with E-state index in [1.807, 2.05) is 13.8 Å².